The third-order valence-corrected chi connectivity index (χ3v) is 6.79. The lowest BCUT2D eigenvalue weighted by Crippen LogP contribution is -2.24. The van der Waals surface area contributed by atoms with Gasteiger partial charge < -0.3 is 15.4 Å². The van der Waals surface area contributed by atoms with E-state index in [9.17, 15) is 9.59 Å². The number of thioether (sulfide) groups is 1. The summed E-state index contributed by atoms with van der Waals surface area (Å²) in [5.74, 6) is 0.831. The second-order valence-corrected chi connectivity index (χ2v) is 9.60. The Labute approximate surface area is 224 Å². The molecule has 0 unspecified atom stereocenters. The SMILES string of the molecule is COc1ccc(C(=O)NCc2nnc(SCC(=O)Nc3ccc(C)cc3C)n2-c2ccccc2Cl)cc1. The highest BCUT2D eigenvalue weighted by Gasteiger charge is 2.19. The molecule has 2 amide bonds. The second-order valence-electron chi connectivity index (χ2n) is 8.25. The van der Waals surface area contributed by atoms with Crippen LogP contribution in [0.25, 0.3) is 5.69 Å². The number of para-hydroxylation sites is 1. The van der Waals surface area contributed by atoms with Crippen LogP contribution in [-0.4, -0.2) is 39.4 Å². The summed E-state index contributed by atoms with van der Waals surface area (Å²) >= 11 is 7.72. The van der Waals surface area contributed by atoms with Gasteiger partial charge in [-0.05, 0) is 61.9 Å². The van der Waals surface area contributed by atoms with E-state index in [1.165, 1.54) is 11.8 Å². The summed E-state index contributed by atoms with van der Waals surface area (Å²) in [6, 6.07) is 19.9. The van der Waals surface area contributed by atoms with E-state index in [1.807, 2.05) is 50.2 Å². The van der Waals surface area contributed by atoms with Crippen LogP contribution in [0.3, 0.4) is 0 Å². The number of rotatable bonds is 9. The van der Waals surface area contributed by atoms with Crippen LogP contribution in [0.15, 0.2) is 71.9 Å². The van der Waals surface area contributed by atoms with Crippen LogP contribution in [-0.2, 0) is 11.3 Å². The first-order valence-corrected chi connectivity index (χ1v) is 12.8. The van der Waals surface area contributed by atoms with Gasteiger partial charge in [0.05, 0.1) is 30.1 Å². The molecule has 0 aliphatic carbocycles. The maximum absolute atomic E-state index is 12.7. The average Bonchev–Trinajstić information content (AvgIpc) is 3.30. The number of hydrogen-bond acceptors (Lipinski definition) is 6. The zero-order chi connectivity index (χ0) is 26.4. The molecule has 0 fully saturated rings. The smallest absolute Gasteiger partial charge is 0.251 e. The van der Waals surface area contributed by atoms with Crippen molar-refractivity contribution in [3.8, 4) is 11.4 Å². The number of methoxy groups -OCH3 is 1. The lowest BCUT2D eigenvalue weighted by atomic mass is 10.1. The predicted molar refractivity (Wildman–Crippen MR) is 146 cm³/mol. The molecule has 0 aliphatic rings. The number of nitrogens with zero attached hydrogens (tertiary/aromatic N) is 3. The third kappa shape index (κ3) is 6.49. The minimum Gasteiger partial charge on any atom is -0.497 e. The molecule has 1 heterocycles. The van der Waals surface area contributed by atoms with Crippen molar-refractivity contribution in [2.45, 2.75) is 25.5 Å². The van der Waals surface area contributed by atoms with E-state index in [0.29, 0.717) is 33.0 Å². The molecule has 190 valence electrons. The molecule has 0 saturated carbocycles. The Kier molecular flexibility index (Phi) is 8.47. The number of halogens is 1. The minimum atomic E-state index is -0.265. The van der Waals surface area contributed by atoms with Gasteiger partial charge >= 0.3 is 0 Å². The highest BCUT2D eigenvalue weighted by Crippen LogP contribution is 2.27. The molecule has 2 N–H and O–H groups in total. The fourth-order valence-corrected chi connectivity index (χ4v) is 4.64. The average molecular weight is 536 g/mol. The number of anilines is 1. The molecule has 0 aliphatic heterocycles. The Bertz CT molecular complexity index is 1420. The summed E-state index contributed by atoms with van der Waals surface area (Å²) in [5.41, 5.74) is 4.03. The van der Waals surface area contributed by atoms with Gasteiger partial charge in [-0.15, -0.1) is 10.2 Å². The summed E-state index contributed by atoms with van der Waals surface area (Å²) in [7, 11) is 1.57. The molecule has 4 aromatic rings. The zero-order valence-corrected chi connectivity index (χ0v) is 22.2. The maximum atomic E-state index is 12.7. The van der Waals surface area contributed by atoms with Crippen LogP contribution in [0, 0.1) is 13.8 Å². The van der Waals surface area contributed by atoms with Gasteiger partial charge in [0, 0.05) is 11.3 Å². The van der Waals surface area contributed by atoms with Crippen LogP contribution in [0.4, 0.5) is 5.69 Å². The number of aromatic nitrogens is 3. The number of benzene rings is 3. The number of amides is 2. The first-order chi connectivity index (χ1) is 17.9. The Balaban J connectivity index is 1.50. The Hall–Kier alpha value is -3.82. The van der Waals surface area contributed by atoms with Crippen molar-refractivity contribution in [3.05, 3.63) is 94.3 Å². The van der Waals surface area contributed by atoms with Crippen molar-refractivity contribution < 1.29 is 14.3 Å². The van der Waals surface area contributed by atoms with Gasteiger partial charge in [-0.3, -0.25) is 14.2 Å². The van der Waals surface area contributed by atoms with Gasteiger partial charge in [-0.1, -0.05) is 53.2 Å². The van der Waals surface area contributed by atoms with Crippen molar-refractivity contribution in [2.24, 2.45) is 0 Å². The third-order valence-electron chi connectivity index (χ3n) is 5.54. The molecule has 1 aromatic heterocycles. The van der Waals surface area contributed by atoms with Crippen LogP contribution in [0.5, 0.6) is 5.75 Å². The molecule has 8 nitrogen and oxygen atoms in total. The summed E-state index contributed by atoms with van der Waals surface area (Å²) in [4.78, 5) is 25.4. The molecule has 10 heteroatoms. The summed E-state index contributed by atoms with van der Waals surface area (Å²) in [6.07, 6.45) is 0. The van der Waals surface area contributed by atoms with E-state index < -0.39 is 0 Å². The number of carbonyl (C=O) groups is 2. The fraction of sp³-hybridized carbons (Fsp3) is 0.185. The highest BCUT2D eigenvalue weighted by molar-refractivity contribution is 7.99. The Morgan fingerprint density at radius 2 is 1.78 bits per heavy atom. The molecule has 4 rings (SSSR count). The predicted octanol–water partition coefficient (Wildman–Crippen LogP) is 5.21. The van der Waals surface area contributed by atoms with Crippen molar-refractivity contribution in [1.82, 2.24) is 20.1 Å². The van der Waals surface area contributed by atoms with Gasteiger partial charge in [0.2, 0.25) is 5.91 Å². The lowest BCUT2D eigenvalue weighted by Gasteiger charge is -2.13. The molecule has 0 radical (unpaired) electrons. The van der Waals surface area contributed by atoms with Crippen molar-refractivity contribution >= 4 is 40.9 Å². The van der Waals surface area contributed by atoms with Crippen molar-refractivity contribution in [3.63, 3.8) is 0 Å². The van der Waals surface area contributed by atoms with E-state index >= 15 is 0 Å². The van der Waals surface area contributed by atoms with E-state index in [0.717, 1.165) is 16.8 Å². The second kappa shape index (κ2) is 11.9. The van der Waals surface area contributed by atoms with Crippen LogP contribution in [0.1, 0.15) is 27.3 Å². The van der Waals surface area contributed by atoms with Gasteiger partial charge in [-0.2, -0.15) is 0 Å². The van der Waals surface area contributed by atoms with Crippen molar-refractivity contribution in [2.75, 3.05) is 18.2 Å². The minimum absolute atomic E-state index is 0.110. The first-order valence-electron chi connectivity index (χ1n) is 11.5. The van der Waals surface area contributed by atoms with Crippen LogP contribution < -0.4 is 15.4 Å². The standard InChI is InChI=1S/C27H26ClN5O3S/c1-17-8-13-22(18(2)14-17)30-25(34)16-37-27-32-31-24(33(27)23-7-5-4-6-21(23)28)15-29-26(35)19-9-11-20(36-3)12-10-19/h4-14H,15-16H2,1-3H3,(H,29,35)(H,30,34). The molecule has 0 bridgehead atoms. The summed E-state index contributed by atoms with van der Waals surface area (Å²) in [6.45, 7) is 4.07. The first kappa shape index (κ1) is 26.2. The monoisotopic (exact) mass is 535 g/mol. The topological polar surface area (TPSA) is 98.1 Å². The lowest BCUT2D eigenvalue weighted by molar-refractivity contribution is -0.113. The Morgan fingerprint density at radius 1 is 1.03 bits per heavy atom. The summed E-state index contributed by atoms with van der Waals surface area (Å²) in [5, 5.41) is 15.4. The maximum Gasteiger partial charge on any atom is 0.251 e. The molecular formula is C27H26ClN5O3S. The van der Waals surface area contributed by atoms with Crippen LogP contribution >= 0.6 is 23.4 Å². The van der Waals surface area contributed by atoms with Gasteiger partial charge in [0.25, 0.3) is 5.91 Å². The van der Waals surface area contributed by atoms with Gasteiger partial charge in [0.1, 0.15) is 5.75 Å². The molecule has 0 spiro atoms. The quantitative estimate of drug-likeness (QED) is 0.286. The molecule has 37 heavy (non-hydrogen) atoms. The summed E-state index contributed by atoms with van der Waals surface area (Å²) < 4.78 is 6.90. The molecule has 0 atom stereocenters. The zero-order valence-electron chi connectivity index (χ0n) is 20.6. The Morgan fingerprint density at radius 3 is 2.49 bits per heavy atom. The normalized spacial score (nSPS) is 10.7. The number of aryl methyl sites for hydroxylation is 2. The van der Waals surface area contributed by atoms with Gasteiger partial charge in [0.15, 0.2) is 11.0 Å². The van der Waals surface area contributed by atoms with E-state index in [2.05, 4.69) is 20.8 Å². The number of carbonyl (C=O) groups excluding carboxylic acids is 2. The molecule has 3 aromatic carbocycles. The van der Waals surface area contributed by atoms with Crippen molar-refractivity contribution in [1.29, 1.82) is 0 Å². The van der Waals surface area contributed by atoms with Gasteiger partial charge in [-0.25, -0.2) is 0 Å². The number of hydrogen-bond donors (Lipinski definition) is 2. The molecular weight excluding hydrogens is 510 g/mol. The van der Waals surface area contributed by atoms with E-state index in [4.69, 9.17) is 16.3 Å². The number of nitrogens with one attached hydrogen (secondary N) is 2. The largest absolute Gasteiger partial charge is 0.497 e. The van der Waals surface area contributed by atoms with Crippen LogP contribution in [0.2, 0.25) is 5.02 Å². The van der Waals surface area contributed by atoms with E-state index in [-0.39, 0.29) is 24.1 Å². The van der Waals surface area contributed by atoms with E-state index in [1.54, 1.807) is 42.0 Å². The highest BCUT2D eigenvalue weighted by atomic mass is 35.5. The number of ether oxygens (including phenoxy) is 1. The molecule has 0 saturated heterocycles. The fourth-order valence-electron chi connectivity index (χ4n) is 3.66.